The van der Waals surface area contributed by atoms with Crippen molar-refractivity contribution in [3.63, 3.8) is 0 Å². The lowest BCUT2D eigenvalue weighted by Crippen LogP contribution is -2.38. The van der Waals surface area contributed by atoms with Gasteiger partial charge in [-0.3, -0.25) is 4.79 Å². The maximum absolute atomic E-state index is 12.7. The van der Waals surface area contributed by atoms with Gasteiger partial charge in [0.1, 0.15) is 0 Å². The largest absolute Gasteiger partial charge is 0.353 e. The van der Waals surface area contributed by atoms with Crippen LogP contribution in [0.1, 0.15) is 54.0 Å². The fraction of sp³-hybridized carbons (Fsp3) is 0.452. The number of rotatable bonds is 7. The minimum absolute atomic E-state index is 0.168. The van der Waals surface area contributed by atoms with Gasteiger partial charge in [-0.1, -0.05) is 35.5 Å². The number of hydrogen-bond donors (Lipinski definition) is 1. The predicted molar refractivity (Wildman–Crippen MR) is 152 cm³/mol. The van der Waals surface area contributed by atoms with Gasteiger partial charge >= 0.3 is 0 Å². The summed E-state index contributed by atoms with van der Waals surface area (Å²) in [5.74, 6) is 2.22. The summed E-state index contributed by atoms with van der Waals surface area (Å²) in [4.78, 5) is 20.9. The van der Waals surface area contributed by atoms with Gasteiger partial charge < -0.3 is 14.7 Å². The Labute approximate surface area is 228 Å². The van der Waals surface area contributed by atoms with Crippen molar-refractivity contribution in [1.82, 2.24) is 20.4 Å². The second kappa shape index (κ2) is 11.4. The minimum Gasteiger partial charge on any atom is -0.353 e. The van der Waals surface area contributed by atoms with E-state index < -0.39 is 0 Å². The number of fused-ring (bicyclic) bond motifs is 2. The van der Waals surface area contributed by atoms with Crippen molar-refractivity contribution in [1.29, 1.82) is 0 Å². The minimum atomic E-state index is 0.168. The van der Waals surface area contributed by atoms with E-state index in [0.717, 1.165) is 55.1 Å². The lowest BCUT2D eigenvalue weighted by atomic mass is 9.84. The number of hydrogen-bond acceptors (Lipinski definition) is 6. The molecule has 0 unspecified atom stereocenters. The molecule has 198 valence electrons. The molecule has 2 aliphatic rings. The Kier molecular flexibility index (Phi) is 7.56. The predicted octanol–water partition coefficient (Wildman–Crippen LogP) is 5.97. The fourth-order valence-corrected chi connectivity index (χ4v) is 7.14. The smallest absolute Gasteiger partial charge is 0.225 e. The molecular formula is C31H36N4O2S. The van der Waals surface area contributed by atoms with Crippen LogP contribution >= 0.6 is 11.3 Å². The van der Waals surface area contributed by atoms with E-state index in [4.69, 9.17) is 4.52 Å². The van der Waals surface area contributed by atoms with Crippen molar-refractivity contribution in [2.45, 2.75) is 64.3 Å². The molecule has 1 saturated carbocycles. The summed E-state index contributed by atoms with van der Waals surface area (Å²) in [5.41, 5.74) is 3.91. The molecule has 0 bridgehead atoms. The van der Waals surface area contributed by atoms with E-state index in [9.17, 15) is 4.79 Å². The molecule has 6 rings (SSSR count). The number of nitrogens with one attached hydrogen (secondary N) is 1. The van der Waals surface area contributed by atoms with Crippen LogP contribution in [0.3, 0.4) is 0 Å². The van der Waals surface area contributed by atoms with Gasteiger partial charge in [0.15, 0.2) is 0 Å². The summed E-state index contributed by atoms with van der Waals surface area (Å²) in [7, 11) is 0. The zero-order chi connectivity index (χ0) is 25.9. The van der Waals surface area contributed by atoms with Gasteiger partial charge in [0.2, 0.25) is 17.6 Å². The highest BCUT2D eigenvalue weighted by Gasteiger charge is 2.24. The molecule has 0 spiro atoms. The Morgan fingerprint density at radius 1 is 1.05 bits per heavy atom. The molecule has 0 radical (unpaired) electrons. The van der Waals surface area contributed by atoms with Gasteiger partial charge in [-0.2, -0.15) is 4.98 Å². The second-order valence-corrected chi connectivity index (χ2v) is 12.1. The van der Waals surface area contributed by atoms with E-state index in [1.807, 2.05) is 6.92 Å². The molecule has 1 N–H and O–H groups in total. The van der Waals surface area contributed by atoms with Gasteiger partial charge in [0.25, 0.3) is 0 Å². The van der Waals surface area contributed by atoms with Gasteiger partial charge in [-0.25, -0.2) is 0 Å². The molecule has 2 aromatic heterocycles. The van der Waals surface area contributed by atoms with Gasteiger partial charge in [-0.05, 0) is 92.1 Å². The average Bonchev–Trinajstić information content (AvgIpc) is 3.48. The first kappa shape index (κ1) is 25.3. The van der Waals surface area contributed by atoms with E-state index in [1.54, 1.807) is 11.3 Å². The van der Waals surface area contributed by atoms with Crippen molar-refractivity contribution >= 4 is 27.3 Å². The van der Waals surface area contributed by atoms with E-state index in [-0.39, 0.29) is 5.91 Å². The van der Waals surface area contributed by atoms with Crippen molar-refractivity contribution in [2.24, 2.45) is 5.92 Å². The van der Waals surface area contributed by atoms with Crippen molar-refractivity contribution < 1.29 is 9.32 Å². The molecule has 0 atom stereocenters. The molecule has 1 amide bonds. The number of aryl methyl sites for hydroxylation is 1. The molecule has 7 heteroatoms. The Balaban J connectivity index is 0.932. The number of nitrogens with zero attached hydrogens (tertiary/aromatic N) is 3. The molecule has 38 heavy (non-hydrogen) atoms. The van der Waals surface area contributed by atoms with Gasteiger partial charge in [0.05, 0.1) is 6.42 Å². The van der Waals surface area contributed by atoms with Crippen LogP contribution in [0.5, 0.6) is 0 Å². The highest BCUT2D eigenvalue weighted by molar-refractivity contribution is 7.19. The number of benzene rings is 2. The van der Waals surface area contributed by atoms with E-state index in [0.29, 0.717) is 24.2 Å². The zero-order valence-electron chi connectivity index (χ0n) is 22.1. The van der Waals surface area contributed by atoms with Crippen LogP contribution in [0, 0.1) is 12.8 Å². The summed E-state index contributed by atoms with van der Waals surface area (Å²) in [5, 5.41) is 8.63. The molecule has 0 saturated heterocycles. The number of carbonyl (C=O) groups excluding carboxylic acids is 1. The Bertz CT molecular complexity index is 1370. The molecule has 6 nitrogen and oxygen atoms in total. The quantitative estimate of drug-likeness (QED) is 0.320. The molecule has 3 heterocycles. The number of thiophene rings is 1. The number of carbonyl (C=O) groups is 1. The fourth-order valence-electron chi connectivity index (χ4n) is 6.07. The van der Waals surface area contributed by atoms with Crippen LogP contribution in [-0.2, 0) is 24.1 Å². The van der Waals surface area contributed by atoms with E-state index >= 15 is 0 Å². The lowest BCUT2D eigenvalue weighted by Gasteiger charge is -2.30. The molecule has 4 aromatic rings. The molecule has 2 aromatic carbocycles. The van der Waals surface area contributed by atoms with Crippen LogP contribution in [0.25, 0.3) is 21.5 Å². The van der Waals surface area contributed by atoms with Crippen LogP contribution in [-0.4, -0.2) is 46.6 Å². The molecule has 1 aliphatic heterocycles. The third-order valence-corrected chi connectivity index (χ3v) is 9.38. The number of aromatic nitrogens is 2. The van der Waals surface area contributed by atoms with Crippen molar-refractivity contribution in [2.75, 3.05) is 19.6 Å². The van der Waals surface area contributed by atoms with Crippen LogP contribution in [0.2, 0.25) is 0 Å². The summed E-state index contributed by atoms with van der Waals surface area (Å²) >= 11 is 1.73. The lowest BCUT2D eigenvalue weighted by molar-refractivity contribution is -0.121. The van der Waals surface area contributed by atoms with Crippen LogP contribution in [0.4, 0.5) is 0 Å². The Hall–Kier alpha value is -3.03. The van der Waals surface area contributed by atoms with E-state index in [2.05, 4.69) is 68.9 Å². The summed E-state index contributed by atoms with van der Waals surface area (Å²) < 4.78 is 6.42. The first-order valence-electron chi connectivity index (χ1n) is 14.0. The summed E-state index contributed by atoms with van der Waals surface area (Å²) in [6.45, 7) is 5.22. The summed E-state index contributed by atoms with van der Waals surface area (Å²) in [6.07, 6.45) is 8.56. The van der Waals surface area contributed by atoms with Crippen molar-refractivity contribution in [3.05, 3.63) is 70.4 Å². The Morgan fingerprint density at radius 3 is 2.66 bits per heavy atom. The first-order valence-corrected chi connectivity index (χ1v) is 14.8. The third kappa shape index (κ3) is 6.00. The highest BCUT2D eigenvalue weighted by Crippen LogP contribution is 2.29. The normalized spacial score (nSPS) is 20.2. The zero-order valence-corrected chi connectivity index (χ0v) is 22.9. The maximum atomic E-state index is 12.7. The summed E-state index contributed by atoms with van der Waals surface area (Å²) in [6, 6.07) is 17.5. The third-order valence-electron chi connectivity index (χ3n) is 8.26. The maximum Gasteiger partial charge on any atom is 0.225 e. The molecule has 1 fully saturated rings. The first-order chi connectivity index (χ1) is 18.6. The number of amides is 1. The van der Waals surface area contributed by atoms with Crippen LogP contribution in [0.15, 0.2) is 53.1 Å². The molecule has 1 aliphatic carbocycles. The monoisotopic (exact) mass is 528 g/mol. The SMILES string of the molecule is Cc1nc(-c2ccc3c(c2)CCN(CCC2CCC(NC(=O)Cc4cc5ccccc5s4)CC2)CC3)no1. The van der Waals surface area contributed by atoms with Crippen LogP contribution < -0.4 is 5.32 Å². The van der Waals surface area contributed by atoms with E-state index in [1.165, 1.54) is 47.0 Å². The van der Waals surface area contributed by atoms with Crippen molar-refractivity contribution in [3.8, 4) is 11.4 Å². The van der Waals surface area contributed by atoms with Gasteiger partial charge in [0, 0.05) is 41.2 Å². The Morgan fingerprint density at radius 2 is 1.87 bits per heavy atom. The molecular weight excluding hydrogens is 492 g/mol. The average molecular weight is 529 g/mol. The van der Waals surface area contributed by atoms with Gasteiger partial charge in [-0.15, -0.1) is 11.3 Å². The standard InChI is InChI=1S/C31H36N4O2S/c1-21-32-31(34-37-21)26-9-8-23-13-16-35(17-14-24(23)18-26)15-12-22-6-10-27(11-7-22)33-30(36)20-28-19-25-4-2-3-5-29(25)38-28/h2-5,8-9,18-19,22,27H,6-7,10-17,20H2,1H3,(H,33,36). The topological polar surface area (TPSA) is 71.3 Å². The second-order valence-electron chi connectivity index (χ2n) is 11.0. The highest BCUT2D eigenvalue weighted by atomic mass is 32.1.